The lowest BCUT2D eigenvalue weighted by atomic mass is 10.2. The van der Waals surface area contributed by atoms with E-state index < -0.39 is 9.84 Å². The van der Waals surface area contributed by atoms with Crippen LogP contribution in [0.5, 0.6) is 0 Å². The smallest absolute Gasteiger partial charge is 0.319 e. The van der Waals surface area contributed by atoms with Crippen LogP contribution in [0.25, 0.3) is 0 Å². The quantitative estimate of drug-likeness (QED) is 0.671. The predicted octanol–water partition coefficient (Wildman–Crippen LogP) is 4.46. The number of anilines is 1. The molecule has 0 aliphatic rings. The zero-order valence-corrected chi connectivity index (χ0v) is 16.6. The molecule has 2 N–H and O–H groups in total. The molecule has 0 aliphatic carbocycles. The van der Waals surface area contributed by atoms with Gasteiger partial charge in [0.2, 0.25) is 9.84 Å². The summed E-state index contributed by atoms with van der Waals surface area (Å²) in [6.07, 6.45) is 0. The Hall–Kier alpha value is -3.12. The minimum atomic E-state index is -3.61. The van der Waals surface area contributed by atoms with E-state index in [-0.39, 0.29) is 10.9 Å². The molecule has 5 nitrogen and oxygen atoms in total. The predicted molar refractivity (Wildman–Crippen MR) is 110 cm³/mol. The number of aryl methyl sites for hydroxylation is 2. The summed E-state index contributed by atoms with van der Waals surface area (Å²) in [7, 11) is -3.61. The van der Waals surface area contributed by atoms with Gasteiger partial charge in [-0.05, 0) is 55.3 Å². The molecule has 0 atom stereocenters. The van der Waals surface area contributed by atoms with Gasteiger partial charge >= 0.3 is 6.03 Å². The van der Waals surface area contributed by atoms with Crippen molar-refractivity contribution < 1.29 is 13.2 Å². The van der Waals surface area contributed by atoms with Crippen molar-refractivity contribution in [3.05, 3.63) is 89.5 Å². The van der Waals surface area contributed by atoms with Crippen LogP contribution < -0.4 is 10.6 Å². The summed E-state index contributed by atoms with van der Waals surface area (Å²) in [4.78, 5) is 12.5. The number of nitrogens with one attached hydrogen (secondary N) is 2. The molecule has 0 spiro atoms. The van der Waals surface area contributed by atoms with Crippen molar-refractivity contribution in [2.75, 3.05) is 5.32 Å². The fourth-order valence-corrected chi connectivity index (χ4v) is 4.38. The fraction of sp³-hybridized carbons (Fsp3) is 0.136. The highest BCUT2D eigenvalue weighted by Crippen LogP contribution is 2.25. The molecule has 2 amide bonds. The van der Waals surface area contributed by atoms with Crippen molar-refractivity contribution in [1.82, 2.24) is 5.32 Å². The van der Waals surface area contributed by atoms with Crippen LogP contribution >= 0.6 is 0 Å². The number of benzene rings is 3. The normalized spacial score (nSPS) is 11.1. The molecule has 28 heavy (non-hydrogen) atoms. The van der Waals surface area contributed by atoms with E-state index in [0.717, 1.165) is 11.1 Å². The molecule has 0 unspecified atom stereocenters. The Labute approximate surface area is 165 Å². The summed E-state index contributed by atoms with van der Waals surface area (Å²) in [5.41, 5.74) is 3.23. The maximum atomic E-state index is 12.9. The largest absolute Gasteiger partial charge is 0.334 e. The van der Waals surface area contributed by atoms with E-state index in [1.54, 1.807) is 31.2 Å². The first-order chi connectivity index (χ1) is 13.4. The standard InChI is InChI=1S/C22H22N2O3S/c1-16-8-13-21(17(2)14-16)28(26,27)20-11-9-19(10-12-20)24-22(25)23-15-18-6-4-3-5-7-18/h3-14H,15H2,1-2H3,(H2,23,24,25). The Kier molecular flexibility index (Phi) is 5.80. The lowest BCUT2D eigenvalue weighted by molar-refractivity contribution is 0.251. The van der Waals surface area contributed by atoms with Gasteiger partial charge in [0, 0.05) is 12.2 Å². The van der Waals surface area contributed by atoms with E-state index in [4.69, 9.17) is 0 Å². The molecule has 0 aliphatic heterocycles. The topological polar surface area (TPSA) is 75.3 Å². The molecule has 0 aromatic heterocycles. The number of sulfone groups is 1. The third-order valence-electron chi connectivity index (χ3n) is 4.34. The Morgan fingerprint density at radius 1 is 0.893 bits per heavy atom. The van der Waals surface area contributed by atoms with Gasteiger partial charge < -0.3 is 10.6 Å². The molecule has 0 fully saturated rings. The molecule has 3 aromatic carbocycles. The summed E-state index contributed by atoms with van der Waals surface area (Å²) in [5, 5.41) is 5.47. The summed E-state index contributed by atoms with van der Waals surface area (Å²) >= 11 is 0. The zero-order valence-electron chi connectivity index (χ0n) is 15.8. The van der Waals surface area contributed by atoms with Crippen LogP contribution in [-0.2, 0) is 16.4 Å². The van der Waals surface area contributed by atoms with Gasteiger partial charge in [0.15, 0.2) is 0 Å². The van der Waals surface area contributed by atoms with Crippen molar-refractivity contribution >= 4 is 21.6 Å². The SMILES string of the molecule is Cc1ccc(S(=O)(=O)c2ccc(NC(=O)NCc3ccccc3)cc2)c(C)c1. The van der Waals surface area contributed by atoms with Crippen molar-refractivity contribution in [1.29, 1.82) is 0 Å². The molecule has 0 saturated carbocycles. The van der Waals surface area contributed by atoms with Crippen molar-refractivity contribution in [2.45, 2.75) is 30.2 Å². The summed E-state index contributed by atoms with van der Waals surface area (Å²) < 4.78 is 25.7. The van der Waals surface area contributed by atoms with Gasteiger partial charge in [0.05, 0.1) is 9.79 Å². The van der Waals surface area contributed by atoms with Crippen molar-refractivity contribution in [3.8, 4) is 0 Å². The highest BCUT2D eigenvalue weighted by molar-refractivity contribution is 7.91. The van der Waals surface area contributed by atoms with E-state index >= 15 is 0 Å². The number of carbonyl (C=O) groups excluding carboxylic acids is 1. The van der Waals surface area contributed by atoms with Crippen molar-refractivity contribution in [3.63, 3.8) is 0 Å². The zero-order chi connectivity index (χ0) is 20.1. The van der Waals surface area contributed by atoms with Gasteiger partial charge in [-0.2, -0.15) is 0 Å². The molecule has 3 aromatic rings. The first kappa shape index (κ1) is 19.6. The van der Waals surface area contributed by atoms with Gasteiger partial charge in [-0.1, -0.05) is 48.0 Å². The summed E-state index contributed by atoms with van der Waals surface area (Å²) in [6, 6.07) is 20.6. The number of amides is 2. The first-order valence-electron chi connectivity index (χ1n) is 8.87. The number of carbonyl (C=O) groups is 1. The maximum absolute atomic E-state index is 12.9. The van der Waals surface area contributed by atoms with Gasteiger partial charge in [-0.25, -0.2) is 13.2 Å². The highest BCUT2D eigenvalue weighted by atomic mass is 32.2. The third-order valence-corrected chi connectivity index (χ3v) is 6.27. The molecule has 144 valence electrons. The molecule has 0 radical (unpaired) electrons. The number of urea groups is 1. The van der Waals surface area contributed by atoms with Gasteiger partial charge in [0.25, 0.3) is 0 Å². The second-order valence-electron chi connectivity index (χ2n) is 6.59. The van der Waals surface area contributed by atoms with Gasteiger partial charge in [-0.3, -0.25) is 0 Å². The summed E-state index contributed by atoms with van der Waals surface area (Å²) in [5.74, 6) is 0. The summed E-state index contributed by atoms with van der Waals surface area (Å²) in [6.45, 7) is 4.12. The lowest BCUT2D eigenvalue weighted by Crippen LogP contribution is -2.28. The van der Waals surface area contributed by atoms with Crippen LogP contribution in [0.3, 0.4) is 0 Å². The number of hydrogen-bond acceptors (Lipinski definition) is 3. The monoisotopic (exact) mass is 394 g/mol. The van der Waals surface area contributed by atoms with E-state index in [1.807, 2.05) is 43.3 Å². The van der Waals surface area contributed by atoms with Crippen molar-refractivity contribution in [2.24, 2.45) is 0 Å². The number of hydrogen-bond donors (Lipinski definition) is 2. The van der Waals surface area contributed by atoms with Crippen LogP contribution in [-0.4, -0.2) is 14.4 Å². The lowest BCUT2D eigenvalue weighted by Gasteiger charge is -2.11. The maximum Gasteiger partial charge on any atom is 0.319 e. The van der Waals surface area contributed by atoms with E-state index in [2.05, 4.69) is 10.6 Å². The van der Waals surface area contributed by atoms with E-state index in [1.165, 1.54) is 12.1 Å². The first-order valence-corrected chi connectivity index (χ1v) is 10.4. The molecule has 0 bridgehead atoms. The minimum Gasteiger partial charge on any atom is -0.334 e. The Morgan fingerprint density at radius 3 is 2.21 bits per heavy atom. The molecule has 0 heterocycles. The van der Waals surface area contributed by atoms with Crippen LogP contribution in [0.1, 0.15) is 16.7 Å². The molecule has 6 heteroatoms. The highest BCUT2D eigenvalue weighted by Gasteiger charge is 2.19. The van der Waals surface area contributed by atoms with Crippen LogP contribution in [0.15, 0.2) is 82.6 Å². The van der Waals surface area contributed by atoms with Gasteiger partial charge in [0.1, 0.15) is 0 Å². The number of rotatable bonds is 5. The average molecular weight is 394 g/mol. The molecule has 3 rings (SSSR count). The fourth-order valence-electron chi connectivity index (χ4n) is 2.90. The van der Waals surface area contributed by atoms with Crippen LogP contribution in [0.2, 0.25) is 0 Å². The third kappa shape index (κ3) is 4.58. The Balaban J connectivity index is 1.68. The van der Waals surface area contributed by atoms with E-state index in [9.17, 15) is 13.2 Å². The van der Waals surface area contributed by atoms with Crippen LogP contribution in [0, 0.1) is 13.8 Å². The second kappa shape index (κ2) is 8.27. The van der Waals surface area contributed by atoms with Gasteiger partial charge in [-0.15, -0.1) is 0 Å². The minimum absolute atomic E-state index is 0.190. The van der Waals surface area contributed by atoms with E-state index in [0.29, 0.717) is 22.7 Å². The average Bonchev–Trinajstić information content (AvgIpc) is 2.67. The Bertz CT molecular complexity index is 1080. The Morgan fingerprint density at radius 2 is 1.57 bits per heavy atom. The molecular weight excluding hydrogens is 372 g/mol. The molecular formula is C22H22N2O3S. The molecule has 0 saturated heterocycles. The second-order valence-corrected chi connectivity index (χ2v) is 8.51. The van der Waals surface area contributed by atoms with Crippen LogP contribution in [0.4, 0.5) is 10.5 Å².